The summed E-state index contributed by atoms with van der Waals surface area (Å²) >= 11 is 1.55. The fourth-order valence-corrected chi connectivity index (χ4v) is 2.60. The first kappa shape index (κ1) is 13.1. The van der Waals surface area contributed by atoms with Gasteiger partial charge in [0.05, 0.1) is 0 Å². The number of hydrogen-bond donors (Lipinski definition) is 1. The van der Waals surface area contributed by atoms with Crippen LogP contribution in [0.25, 0.3) is 0 Å². The zero-order chi connectivity index (χ0) is 13.0. The van der Waals surface area contributed by atoms with Crippen LogP contribution in [0.15, 0.2) is 52.5 Å². The molecule has 0 spiro atoms. The smallest absolute Gasteiger partial charge is 0.123 e. The molecule has 94 valence electrons. The second kappa shape index (κ2) is 5.98. The molecule has 0 amide bonds. The minimum Gasteiger partial charge on any atom is -0.313 e. The van der Waals surface area contributed by atoms with Gasteiger partial charge in [0.1, 0.15) is 10.8 Å². The van der Waals surface area contributed by atoms with Gasteiger partial charge in [0.25, 0.3) is 0 Å². The Balaban J connectivity index is 2.32. The van der Waals surface area contributed by atoms with Crippen LogP contribution < -0.4 is 5.32 Å². The zero-order valence-electron chi connectivity index (χ0n) is 10.4. The minimum absolute atomic E-state index is 0.104. The van der Waals surface area contributed by atoms with Crippen molar-refractivity contribution in [3.63, 3.8) is 0 Å². The topological polar surface area (TPSA) is 24.9 Å². The molecule has 0 saturated heterocycles. The van der Waals surface area contributed by atoms with E-state index in [2.05, 4.69) is 10.3 Å². The molecule has 0 aliphatic carbocycles. The normalized spacial score (nSPS) is 12.4. The van der Waals surface area contributed by atoms with Crippen molar-refractivity contribution in [1.82, 2.24) is 10.3 Å². The van der Waals surface area contributed by atoms with Gasteiger partial charge in [0.15, 0.2) is 0 Å². The molecule has 0 radical (unpaired) electrons. The summed E-state index contributed by atoms with van der Waals surface area (Å²) in [7, 11) is 1.87. The molecule has 1 atom stereocenters. The number of benzene rings is 1. The average Bonchev–Trinajstić information content (AvgIpc) is 2.41. The van der Waals surface area contributed by atoms with Crippen LogP contribution in [0.5, 0.6) is 0 Å². The van der Waals surface area contributed by atoms with Crippen LogP contribution in [0.1, 0.15) is 18.5 Å². The van der Waals surface area contributed by atoms with Gasteiger partial charge in [-0.2, -0.15) is 0 Å². The van der Waals surface area contributed by atoms with E-state index in [9.17, 15) is 4.39 Å². The fourth-order valence-electron chi connectivity index (χ4n) is 1.63. The zero-order valence-corrected chi connectivity index (χ0v) is 11.2. The lowest BCUT2D eigenvalue weighted by Gasteiger charge is -2.15. The number of aromatic nitrogens is 1. The van der Waals surface area contributed by atoms with Crippen LogP contribution in [0.2, 0.25) is 0 Å². The number of halogens is 1. The van der Waals surface area contributed by atoms with Crippen molar-refractivity contribution in [2.75, 3.05) is 7.05 Å². The molecule has 0 aliphatic heterocycles. The van der Waals surface area contributed by atoms with E-state index < -0.39 is 0 Å². The van der Waals surface area contributed by atoms with E-state index in [4.69, 9.17) is 0 Å². The van der Waals surface area contributed by atoms with E-state index in [0.717, 1.165) is 15.5 Å². The van der Waals surface area contributed by atoms with E-state index in [-0.39, 0.29) is 11.9 Å². The summed E-state index contributed by atoms with van der Waals surface area (Å²) in [4.78, 5) is 5.30. The first-order chi connectivity index (χ1) is 8.70. The van der Waals surface area contributed by atoms with Gasteiger partial charge >= 0.3 is 0 Å². The van der Waals surface area contributed by atoms with E-state index >= 15 is 0 Å². The van der Waals surface area contributed by atoms with Crippen molar-refractivity contribution in [2.45, 2.75) is 22.9 Å². The predicted molar refractivity (Wildman–Crippen MR) is 72.2 cm³/mol. The van der Waals surface area contributed by atoms with Gasteiger partial charge in [0, 0.05) is 17.1 Å². The Morgan fingerprint density at radius 2 is 2.11 bits per heavy atom. The highest BCUT2D eigenvalue weighted by Gasteiger charge is 2.11. The molecular weight excluding hydrogens is 247 g/mol. The Labute approximate surface area is 111 Å². The number of pyridine rings is 1. The van der Waals surface area contributed by atoms with Gasteiger partial charge in [-0.05, 0) is 49.9 Å². The van der Waals surface area contributed by atoms with Crippen molar-refractivity contribution in [2.24, 2.45) is 0 Å². The number of nitrogens with zero attached hydrogens (tertiary/aromatic N) is 1. The highest BCUT2D eigenvalue weighted by molar-refractivity contribution is 7.99. The summed E-state index contributed by atoms with van der Waals surface area (Å²) in [5, 5.41) is 4.05. The molecule has 0 fully saturated rings. The van der Waals surface area contributed by atoms with Gasteiger partial charge < -0.3 is 5.32 Å². The highest BCUT2D eigenvalue weighted by atomic mass is 32.2. The maximum absolute atomic E-state index is 13.3. The monoisotopic (exact) mass is 262 g/mol. The number of hydrogen-bond acceptors (Lipinski definition) is 3. The number of nitrogens with one attached hydrogen (secondary N) is 1. The lowest BCUT2D eigenvalue weighted by molar-refractivity contribution is 0.601. The Morgan fingerprint density at radius 1 is 1.28 bits per heavy atom. The largest absolute Gasteiger partial charge is 0.313 e. The maximum atomic E-state index is 13.3. The van der Waals surface area contributed by atoms with Gasteiger partial charge in [-0.1, -0.05) is 17.8 Å². The van der Waals surface area contributed by atoms with Crippen LogP contribution in [0.3, 0.4) is 0 Å². The minimum atomic E-state index is -0.211. The number of rotatable bonds is 4. The van der Waals surface area contributed by atoms with Gasteiger partial charge in [-0.25, -0.2) is 9.37 Å². The maximum Gasteiger partial charge on any atom is 0.123 e. The second-order valence-electron chi connectivity index (χ2n) is 3.96. The molecule has 0 aliphatic rings. The van der Waals surface area contributed by atoms with Crippen LogP contribution >= 0.6 is 11.8 Å². The first-order valence-electron chi connectivity index (χ1n) is 5.76. The molecule has 2 aromatic rings. The fraction of sp³-hybridized carbons (Fsp3) is 0.214. The summed E-state index contributed by atoms with van der Waals surface area (Å²) in [6, 6.07) is 10.7. The molecule has 1 aromatic heterocycles. The highest BCUT2D eigenvalue weighted by Crippen LogP contribution is 2.32. The molecule has 1 heterocycles. The van der Waals surface area contributed by atoms with Gasteiger partial charge in [0.2, 0.25) is 0 Å². The summed E-state index contributed by atoms with van der Waals surface area (Å²) < 4.78 is 13.3. The van der Waals surface area contributed by atoms with E-state index in [1.807, 2.05) is 32.2 Å². The Hall–Kier alpha value is -1.39. The quantitative estimate of drug-likeness (QED) is 0.910. The van der Waals surface area contributed by atoms with E-state index in [1.54, 1.807) is 30.1 Å². The van der Waals surface area contributed by atoms with Crippen LogP contribution in [-0.4, -0.2) is 12.0 Å². The van der Waals surface area contributed by atoms with Crippen LogP contribution in [0.4, 0.5) is 4.39 Å². The molecule has 0 saturated carbocycles. The standard InChI is InChI=1S/C14H15FN2S/c1-10(16-2)12-9-11(15)6-7-13(12)18-14-5-3-4-8-17-14/h3-10,16H,1-2H3. The molecule has 0 bridgehead atoms. The predicted octanol–water partition coefficient (Wildman–Crippen LogP) is 3.65. The Kier molecular flexibility index (Phi) is 4.33. The summed E-state index contributed by atoms with van der Waals surface area (Å²) in [6.45, 7) is 2.01. The van der Waals surface area contributed by atoms with Crippen LogP contribution in [0, 0.1) is 5.82 Å². The third-order valence-electron chi connectivity index (χ3n) is 2.72. The first-order valence-corrected chi connectivity index (χ1v) is 6.58. The molecule has 1 unspecified atom stereocenters. The van der Waals surface area contributed by atoms with Crippen molar-refractivity contribution < 1.29 is 4.39 Å². The lowest BCUT2D eigenvalue weighted by atomic mass is 10.1. The van der Waals surface area contributed by atoms with Crippen LogP contribution in [-0.2, 0) is 0 Å². The van der Waals surface area contributed by atoms with Crippen molar-refractivity contribution in [1.29, 1.82) is 0 Å². The van der Waals surface area contributed by atoms with Gasteiger partial charge in [-0.15, -0.1) is 0 Å². The average molecular weight is 262 g/mol. The van der Waals surface area contributed by atoms with Crippen molar-refractivity contribution in [3.8, 4) is 0 Å². The summed E-state index contributed by atoms with van der Waals surface area (Å²) in [6.07, 6.45) is 1.76. The molecule has 1 aromatic carbocycles. The molecule has 2 nitrogen and oxygen atoms in total. The Bertz CT molecular complexity index is 516. The molecule has 4 heteroatoms. The summed E-state index contributed by atoms with van der Waals surface area (Å²) in [5.41, 5.74) is 0.952. The van der Waals surface area contributed by atoms with Crippen molar-refractivity contribution >= 4 is 11.8 Å². The van der Waals surface area contributed by atoms with Gasteiger partial charge in [-0.3, -0.25) is 0 Å². The molecule has 18 heavy (non-hydrogen) atoms. The molecule has 2 rings (SSSR count). The van der Waals surface area contributed by atoms with E-state index in [0.29, 0.717) is 0 Å². The Morgan fingerprint density at radius 3 is 2.78 bits per heavy atom. The second-order valence-corrected chi connectivity index (χ2v) is 5.02. The SMILES string of the molecule is CNC(C)c1cc(F)ccc1Sc1ccccn1. The third-order valence-corrected chi connectivity index (χ3v) is 3.77. The third kappa shape index (κ3) is 3.09. The van der Waals surface area contributed by atoms with E-state index in [1.165, 1.54) is 6.07 Å². The van der Waals surface area contributed by atoms with Crippen molar-refractivity contribution in [3.05, 3.63) is 54.0 Å². The molecular formula is C14H15FN2S. The molecule has 1 N–H and O–H groups in total. The summed E-state index contributed by atoms with van der Waals surface area (Å²) in [5.74, 6) is -0.211. The lowest BCUT2D eigenvalue weighted by Crippen LogP contribution is -2.13.